The van der Waals surface area contributed by atoms with Crippen LogP contribution in [-0.2, 0) is 11.3 Å². The molecule has 1 fully saturated rings. The van der Waals surface area contributed by atoms with Gasteiger partial charge in [-0.25, -0.2) is 9.98 Å². The molecule has 2 aromatic heterocycles. The van der Waals surface area contributed by atoms with E-state index in [9.17, 15) is 0 Å². The van der Waals surface area contributed by atoms with Gasteiger partial charge in [0.15, 0.2) is 5.96 Å². The summed E-state index contributed by atoms with van der Waals surface area (Å²) in [6, 6.07) is 10.8. The van der Waals surface area contributed by atoms with Gasteiger partial charge >= 0.3 is 0 Å². The highest BCUT2D eigenvalue weighted by molar-refractivity contribution is 14.0. The van der Waals surface area contributed by atoms with Crippen molar-refractivity contribution >= 4 is 47.1 Å². The Hall–Kier alpha value is -1.43. The quantitative estimate of drug-likeness (QED) is 0.295. The molecular formula is C22H35IN6OS. The molecule has 9 heteroatoms. The summed E-state index contributed by atoms with van der Waals surface area (Å²) in [6.45, 7) is 9.91. The van der Waals surface area contributed by atoms with E-state index in [-0.39, 0.29) is 24.0 Å². The zero-order valence-electron chi connectivity index (χ0n) is 18.9. The van der Waals surface area contributed by atoms with Crippen LogP contribution in [0.1, 0.15) is 28.4 Å². The third kappa shape index (κ3) is 7.89. The van der Waals surface area contributed by atoms with Gasteiger partial charge in [0, 0.05) is 50.0 Å². The highest BCUT2D eigenvalue weighted by Gasteiger charge is 2.24. The molecule has 1 aliphatic rings. The number of guanidine groups is 1. The fraction of sp³-hybridized carbons (Fsp3) is 0.545. The van der Waals surface area contributed by atoms with Crippen LogP contribution in [-0.4, -0.2) is 69.3 Å². The maximum Gasteiger partial charge on any atom is 0.191 e. The van der Waals surface area contributed by atoms with E-state index in [0.717, 1.165) is 56.9 Å². The first-order valence-electron chi connectivity index (χ1n) is 10.6. The molecule has 1 atom stereocenters. The van der Waals surface area contributed by atoms with Crippen molar-refractivity contribution < 1.29 is 4.74 Å². The average molecular weight is 559 g/mol. The molecule has 31 heavy (non-hydrogen) atoms. The molecule has 1 unspecified atom stereocenters. The summed E-state index contributed by atoms with van der Waals surface area (Å²) in [5.74, 6) is 1.77. The van der Waals surface area contributed by atoms with E-state index in [4.69, 9.17) is 9.73 Å². The Morgan fingerprint density at radius 2 is 2.00 bits per heavy atom. The predicted molar refractivity (Wildman–Crippen MR) is 141 cm³/mol. The molecule has 0 spiro atoms. The van der Waals surface area contributed by atoms with Crippen LogP contribution >= 0.6 is 35.3 Å². The van der Waals surface area contributed by atoms with Crippen LogP contribution < -0.4 is 15.5 Å². The predicted octanol–water partition coefficient (Wildman–Crippen LogP) is 3.26. The molecule has 0 radical (unpaired) electrons. The maximum atomic E-state index is 5.56. The number of nitrogens with zero attached hydrogens (tertiary/aromatic N) is 4. The number of nitrogens with one attached hydrogen (secondary N) is 2. The topological polar surface area (TPSA) is 65.0 Å². The number of hydrogen-bond donors (Lipinski definition) is 2. The molecule has 172 valence electrons. The van der Waals surface area contributed by atoms with Crippen LogP contribution in [0, 0.1) is 6.92 Å². The molecule has 2 N–H and O–H groups in total. The van der Waals surface area contributed by atoms with Gasteiger partial charge in [-0.1, -0.05) is 6.07 Å². The van der Waals surface area contributed by atoms with Gasteiger partial charge < -0.3 is 20.3 Å². The van der Waals surface area contributed by atoms with Gasteiger partial charge in [-0.2, -0.15) is 0 Å². The molecule has 7 nitrogen and oxygen atoms in total. The minimum atomic E-state index is 0. The van der Waals surface area contributed by atoms with Gasteiger partial charge in [0.25, 0.3) is 0 Å². The summed E-state index contributed by atoms with van der Waals surface area (Å²) >= 11 is 1.87. The zero-order chi connectivity index (χ0) is 21.3. The van der Waals surface area contributed by atoms with Gasteiger partial charge in [-0.05, 0) is 38.1 Å². The minimum absolute atomic E-state index is 0. The van der Waals surface area contributed by atoms with Crippen molar-refractivity contribution in [2.75, 3.05) is 58.4 Å². The smallest absolute Gasteiger partial charge is 0.191 e. The average Bonchev–Trinajstić information content (AvgIpc) is 3.19. The monoisotopic (exact) mass is 558 g/mol. The molecular weight excluding hydrogens is 523 g/mol. The van der Waals surface area contributed by atoms with Gasteiger partial charge in [0.05, 0.1) is 31.5 Å². The number of anilines is 1. The second kappa shape index (κ2) is 13.2. The van der Waals surface area contributed by atoms with E-state index in [1.165, 1.54) is 9.75 Å². The Kier molecular flexibility index (Phi) is 11.0. The van der Waals surface area contributed by atoms with E-state index in [1.807, 2.05) is 48.5 Å². The number of ether oxygens (including phenoxy) is 1. The number of aryl methyl sites for hydroxylation is 1. The van der Waals surface area contributed by atoms with Gasteiger partial charge in [-0.3, -0.25) is 4.90 Å². The highest BCUT2D eigenvalue weighted by Crippen LogP contribution is 2.27. The molecule has 0 saturated carbocycles. The van der Waals surface area contributed by atoms with Crippen molar-refractivity contribution in [2.45, 2.75) is 26.4 Å². The fourth-order valence-corrected chi connectivity index (χ4v) is 4.44. The van der Waals surface area contributed by atoms with E-state index in [0.29, 0.717) is 12.6 Å². The summed E-state index contributed by atoms with van der Waals surface area (Å²) in [6.07, 6.45) is 0. The largest absolute Gasteiger partial charge is 0.379 e. The second-order valence-electron chi connectivity index (χ2n) is 7.57. The lowest BCUT2D eigenvalue weighted by Gasteiger charge is -2.34. The van der Waals surface area contributed by atoms with Crippen LogP contribution in [0.2, 0.25) is 0 Å². The number of hydrogen-bond acceptors (Lipinski definition) is 6. The number of rotatable bonds is 8. The Balaban J connectivity index is 0.00000341. The van der Waals surface area contributed by atoms with Crippen molar-refractivity contribution in [3.63, 3.8) is 0 Å². The van der Waals surface area contributed by atoms with Crippen LogP contribution in [0.5, 0.6) is 0 Å². The van der Waals surface area contributed by atoms with E-state index in [1.54, 1.807) is 0 Å². The summed E-state index contributed by atoms with van der Waals surface area (Å²) in [5, 5.41) is 6.92. The number of morpholine rings is 1. The molecule has 3 heterocycles. The van der Waals surface area contributed by atoms with Crippen LogP contribution in [0.3, 0.4) is 0 Å². The van der Waals surface area contributed by atoms with Crippen molar-refractivity contribution in [2.24, 2.45) is 4.99 Å². The number of aliphatic imine (C=N–C) groups is 1. The molecule has 0 aliphatic carbocycles. The summed E-state index contributed by atoms with van der Waals surface area (Å²) < 4.78 is 5.56. The van der Waals surface area contributed by atoms with Gasteiger partial charge in [0.2, 0.25) is 0 Å². The van der Waals surface area contributed by atoms with E-state index in [2.05, 4.69) is 46.5 Å². The van der Waals surface area contributed by atoms with Gasteiger partial charge in [-0.15, -0.1) is 35.3 Å². The van der Waals surface area contributed by atoms with Crippen LogP contribution in [0.4, 0.5) is 5.82 Å². The Labute approximate surface area is 207 Å². The Morgan fingerprint density at radius 3 is 2.65 bits per heavy atom. The number of halogens is 1. The fourth-order valence-electron chi connectivity index (χ4n) is 3.43. The first kappa shape index (κ1) is 25.8. The summed E-state index contributed by atoms with van der Waals surface area (Å²) in [7, 11) is 4.00. The first-order chi connectivity index (χ1) is 14.6. The van der Waals surface area contributed by atoms with Crippen molar-refractivity contribution in [1.82, 2.24) is 20.5 Å². The standard InChI is InChI=1S/C22H34N6OS.HI/c1-5-23-22(24-15-18-7-6-8-21(26-18)27(3)4)25-16-19(20-10-9-17(2)30-20)28-11-13-29-14-12-28;/h6-10,19H,5,11-16H2,1-4H3,(H2,23,24,25);1H. The molecule has 3 rings (SSSR count). The Bertz CT molecular complexity index is 822. The zero-order valence-corrected chi connectivity index (χ0v) is 22.1. The highest BCUT2D eigenvalue weighted by atomic mass is 127. The van der Waals surface area contributed by atoms with E-state index < -0.39 is 0 Å². The molecule has 1 saturated heterocycles. The van der Waals surface area contributed by atoms with Crippen molar-refractivity contribution in [3.8, 4) is 0 Å². The van der Waals surface area contributed by atoms with Crippen LogP contribution in [0.25, 0.3) is 0 Å². The van der Waals surface area contributed by atoms with Crippen LogP contribution in [0.15, 0.2) is 35.3 Å². The lowest BCUT2D eigenvalue weighted by Crippen LogP contribution is -2.46. The third-order valence-electron chi connectivity index (χ3n) is 5.03. The van der Waals surface area contributed by atoms with Crippen molar-refractivity contribution in [3.05, 3.63) is 45.8 Å². The number of aromatic nitrogens is 1. The molecule has 0 bridgehead atoms. The Morgan fingerprint density at radius 1 is 1.23 bits per heavy atom. The molecule has 0 amide bonds. The normalized spacial score (nSPS) is 15.8. The molecule has 0 aromatic carbocycles. The lowest BCUT2D eigenvalue weighted by atomic mass is 10.2. The van der Waals surface area contributed by atoms with Gasteiger partial charge in [0.1, 0.15) is 5.82 Å². The first-order valence-corrected chi connectivity index (χ1v) is 11.4. The molecule has 1 aliphatic heterocycles. The number of pyridine rings is 1. The third-order valence-corrected chi connectivity index (χ3v) is 6.13. The SMILES string of the molecule is CCNC(=NCc1cccc(N(C)C)n1)NCC(c1ccc(C)s1)N1CCOCC1.I. The minimum Gasteiger partial charge on any atom is -0.379 e. The second-order valence-corrected chi connectivity index (χ2v) is 8.89. The maximum absolute atomic E-state index is 5.56. The summed E-state index contributed by atoms with van der Waals surface area (Å²) in [5.41, 5.74) is 0.956. The summed E-state index contributed by atoms with van der Waals surface area (Å²) in [4.78, 5) is 16.7. The van der Waals surface area contributed by atoms with Crippen molar-refractivity contribution in [1.29, 1.82) is 0 Å². The number of thiophene rings is 1. The van der Waals surface area contributed by atoms with E-state index >= 15 is 0 Å². The lowest BCUT2D eigenvalue weighted by molar-refractivity contribution is 0.0177. The molecule has 2 aromatic rings.